The van der Waals surface area contributed by atoms with E-state index in [1.54, 1.807) is 0 Å². The lowest BCUT2D eigenvalue weighted by Crippen LogP contribution is -2.32. The highest BCUT2D eigenvalue weighted by Crippen LogP contribution is 2.18. The number of nitrogens with one attached hydrogen (secondary N) is 1. The predicted molar refractivity (Wildman–Crippen MR) is 89.2 cm³/mol. The minimum Gasteiger partial charge on any atom is -0.310 e. The predicted octanol–water partition coefficient (Wildman–Crippen LogP) is 4.01. The van der Waals surface area contributed by atoms with E-state index in [-0.39, 0.29) is 0 Å². The van der Waals surface area contributed by atoms with Crippen LogP contribution in [0.2, 0.25) is 0 Å². The molecule has 1 aromatic carbocycles. The molecular weight excluding hydrogens is 244 g/mol. The van der Waals surface area contributed by atoms with Gasteiger partial charge in [-0.05, 0) is 44.5 Å². The Hall–Kier alpha value is -0.860. The molecule has 0 spiro atoms. The first kappa shape index (κ1) is 17.2. The summed E-state index contributed by atoms with van der Waals surface area (Å²) in [5.41, 5.74) is 2.75. The van der Waals surface area contributed by atoms with Crippen LogP contribution in [0.4, 0.5) is 0 Å². The molecule has 0 aromatic heterocycles. The van der Waals surface area contributed by atoms with Gasteiger partial charge in [-0.2, -0.15) is 0 Å². The van der Waals surface area contributed by atoms with E-state index >= 15 is 0 Å². The molecule has 0 bridgehead atoms. The van der Waals surface area contributed by atoms with Gasteiger partial charge in [0.2, 0.25) is 0 Å². The first-order valence-electron chi connectivity index (χ1n) is 8.09. The molecule has 0 amide bonds. The Balaban J connectivity index is 2.60. The maximum absolute atomic E-state index is 3.62. The van der Waals surface area contributed by atoms with Crippen LogP contribution < -0.4 is 5.32 Å². The van der Waals surface area contributed by atoms with E-state index in [1.807, 2.05) is 0 Å². The van der Waals surface area contributed by atoms with Crippen LogP contribution in [0, 0.1) is 12.8 Å². The van der Waals surface area contributed by atoms with Crippen LogP contribution in [0.15, 0.2) is 24.3 Å². The second-order valence-corrected chi connectivity index (χ2v) is 6.10. The Morgan fingerprint density at radius 1 is 1.10 bits per heavy atom. The van der Waals surface area contributed by atoms with Crippen molar-refractivity contribution in [3.05, 3.63) is 35.4 Å². The molecule has 1 atom stereocenters. The van der Waals surface area contributed by atoms with Gasteiger partial charge in [-0.1, -0.05) is 57.5 Å². The summed E-state index contributed by atoms with van der Waals surface area (Å²) in [7, 11) is 0. The highest BCUT2D eigenvalue weighted by Gasteiger charge is 2.12. The van der Waals surface area contributed by atoms with Gasteiger partial charge in [0.1, 0.15) is 0 Å². The molecule has 1 rings (SSSR count). The van der Waals surface area contributed by atoms with Gasteiger partial charge in [-0.25, -0.2) is 0 Å². The molecule has 0 saturated carbocycles. The molecule has 1 unspecified atom stereocenters. The zero-order valence-electron chi connectivity index (χ0n) is 13.9. The van der Waals surface area contributed by atoms with Gasteiger partial charge >= 0.3 is 0 Å². The van der Waals surface area contributed by atoms with Crippen molar-refractivity contribution in [3.63, 3.8) is 0 Å². The van der Waals surface area contributed by atoms with Gasteiger partial charge in [0.05, 0.1) is 0 Å². The van der Waals surface area contributed by atoms with Crippen molar-refractivity contribution >= 4 is 0 Å². The number of nitrogens with zero attached hydrogens (tertiary/aromatic N) is 1. The first-order valence-corrected chi connectivity index (χ1v) is 8.09. The Bertz CT molecular complexity index is 356. The lowest BCUT2D eigenvalue weighted by Gasteiger charge is -2.26. The van der Waals surface area contributed by atoms with Gasteiger partial charge < -0.3 is 10.2 Å². The average Bonchev–Trinajstić information content (AvgIpc) is 2.42. The van der Waals surface area contributed by atoms with Crippen LogP contribution in [0.1, 0.15) is 51.3 Å². The van der Waals surface area contributed by atoms with Gasteiger partial charge in [0.15, 0.2) is 0 Å². The van der Waals surface area contributed by atoms with Crippen molar-refractivity contribution in [2.24, 2.45) is 5.92 Å². The third-order valence-corrected chi connectivity index (χ3v) is 3.73. The van der Waals surface area contributed by atoms with Crippen molar-refractivity contribution < 1.29 is 0 Å². The molecule has 0 heterocycles. The maximum atomic E-state index is 3.62. The fourth-order valence-electron chi connectivity index (χ4n) is 2.64. The topological polar surface area (TPSA) is 15.3 Å². The third kappa shape index (κ3) is 6.06. The Labute approximate surface area is 125 Å². The zero-order chi connectivity index (χ0) is 15.0. The molecule has 1 N–H and O–H groups in total. The van der Waals surface area contributed by atoms with Gasteiger partial charge in [0, 0.05) is 12.6 Å². The van der Waals surface area contributed by atoms with Crippen molar-refractivity contribution in [1.82, 2.24) is 10.2 Å². The molecule has 0 saturated heterocycles. The molecular formula is C18H32N2. The second-order valence-electron chi connectivity index (χ2n) is 6.10. The summed E-state index contributed by atoms with van der Waals surface area (Å²) in [5, 5.41) is 3.62. The molecule has 0 aliphatic rings. The molecule has 2 heteroatoms. The van der Waals surface area contributed by atoms with E-state index in [0.717, 1.165) is 19.0 Å². The van der Waals surface area contributed by atoms with Crippen LogP contribution >= 0.6 is 0 Å². The van der Waals surface area contributed by atoms with Crippen molar-refractivity contribution in [2.45, 2.75) is 47.1 Å². The fraction of sp³-hybridized carbons (Fsp3) is 0.667. The summed E-state index contributed by atoms with van der Waals surface area (Å²) >= 11 is 0. The van der Waals surface area contributed by atoms with Crippen LogP contribution in [-0.2, 0) is 0 Å². The van der Waals surface area contributed by atoms with Crippen LogP contribution in [-0.4, -0.2) is 31.1 Å². The molecule has 0 aliphatic heterocycles. The Morgan fingerprint density at radius 3 is 2.25 bits per heavy atom. The molecule has 0 aliphatic carbocycles. The van der Waals surface area contributed by atoms with Gasteiger partial charge in [-0.15, -0.1) is 0 Å². The summed E-state index contributed by atoms with van der Waals surface area (Å²) in [6, 6.07) is 9.43. The molecule has 0 radical (unpaired) electrons. The summed E-state index contributed by atoms with van der Waals surface area (Å²) in [4.78, 5) is 2.56. The van der Waals surface area contributed by atoms with Crippen molar-refractivity contribution in [3.8, 4) is 0 Å². The smallest absolute Gasteiger partial charge is 0.0332 e. The summed E-state index contributed by atoms with van der Waals surface area (Å²) in [6.45, 7) is 15.7. The van der Waals surface area contributed by atoms with Crippen molar-refractivity contribution in [2.75, 3.05) is 26.2 Å². The molecule has 0 fully saturated rings. The highest BCUT2D eigenvalue weighted by atomic mass is 15.1. The number of rotatable bonds is 9. The van der Waals surface area contributed by atoms with E-state index in [0.29, 0.717) is 6.04 Å². The van der Waals surface area contributed by atoms with E-state index in [4.69, 9.17) is 0 Å². The highest BCUT2D eigenvalue weighted by molar-refractivity contribution is 5.24. The number of hydrogen-bond acceptors (Lipinski definition) is 2. The van der Waals surface area contributed by atoms with Crippen LogP contribution in [0.5, 0.6) is 0 Å². The van der Waals surface area contributed by atoms with Crippen LogP contribution in [0.25, 0.3) is 0 Å². The number of aryl methyl sites for hydroxylation is 1. The third-order valence-electron chi connectivity index (χ3n) is 3.73. The van der Waals surface area contributed by atoms with Crippen molar-refractivity contribution in [1.29, 1.82) is 0 Å². The lowest BCUT2D eigenvalue weighted by molar-refractivity contribution is 0.242. The first-order chi connectivity index (χ1) is 9.56. The lowest BCUT2D eigenvalue weighted by atomic mass is 10.0. The van der Waals surface area contributed by atoms with E-state index in [2.05, 4.69) is 69.1 Å². The molecule has 20 heavy (non-hydrogen) atoms. The van der Waals surface area contributed by atoms with Crippen LogP contribution in [0.3, 0.4) is 0 Å². The summed E-state index contributed by atoms with van der Waals surface area (Å²) in [5.74, 6) is 0.743. The number of benzene rings is 1. The fourth-order valence-corrected chi connectivity index (χ4v) is 2.64. The number of hydrogen-bond donors (Lipinski definition) is 1. The maximum Gasteiger partial charge on any atom is 0.0332 e. The van der Waals surface area contributed by atoms with Gasteiger partial charge in [-0.3, -0.25) is 0 Å². The van der Waals surface area contributed by atoms with Gasteiger partial charge in [0.25, 0.3) is 0 Å². The minimum absolute atomic E-state index is 0.474. The van der Waals surface area contributed by atoms with E-state index < -0.39 is 0 Å². The standard InChI is InChI=1S/C18H32N2/c1-6-19-18(17-10-8-16(5)9-11-17)12-13-20(7-2)14-15(3)4/h8-11,15,18-19H,6-7,12-14H2,1-5H3. The quantitative estimate of drug-likeness (QED) is 0.733. The summed E-state index contributed by atoms with van der Waals surface area (Å²) < 4.78 is 0. The normalized spacial score (nSPS) is 13.2. The molecule has 114 valence electrons. The monoisotopic (exact) mass is 276 g/mol. The minimum atomic E-state index is 0.474. The SMILES string of the molecule is CCNC(CCN(CC)CC(C)C)c1ccc(C)cc1. The van der Waals surface area contributed by atoms with E-state index in [9.17, 15) is 0 Å². The Morgan fingerprint density at radius 2 is 1.75 bits per heavy atom. The Kier molecular flexibility index (Phi) is 7.86. The average molecular weight is 276 g/mol. The zero-order valence-corrected chi connectivity index (χ0v) is 13.9. The largest absolute Gasteiger partial charge is 0.310 e. The second kappa shape index (κ2) is 9.15. The van der Waals surface area contributed by atoms with E-state index in [1.165, 1.54) is 30.6 Å². The molecule has 2 nitrogen and oxygen atoms in total. The summed E-state index contributed by atoms with van der Waals surface area (Å²) in [6.07, 6.45) is 1.18. The molecule has 1 aromatic rings.